The Hall–Kier alpha value is -3.17. The van der Waals surface area contributed by atoms with Gasteiger partial charge in [0, 0.05) is 23.6 Å². The highest BCUT2D eigenvalue weighted by Gasteiger charge is 2.21. The molecule has 0 unspecified atom stereocenters. The quantitative estimate of drug-likeness (QED) is 0.737. The van der Waals surface area contributed by atoms with Crippen molar-refractivity contribution in [3.63, 3.8) is 0 Å². The topological polar surface area (TPSA) is 76.6 Å². The minimum absolute atomic E-state index is 0.0745. The Morgan fingerprint density at radius 3 is 2.19 bits per heavy atom. The van der Waals surface area contributed by atoms with Crippen LogP contribution in [0.1, 0.15) is 5.69 Å². The molecule has 0 fully saturated rings. The summed E-state index contributed by atoms with van der Waals surface area (Å²) >= 11 is 0. The maximum atomic E-state index is 9.80. The number of aliphatic hydroxyl groups is 1. The first-order valence-electron chi connectivity index (χ1n) is 8.12. The zero-order valence-electron chi connectivity index (χ0n) is 14.9. The summed E-state index contributed by atoms with van der Waals surface area (Å²) in [6.07, 6.45) is 0. The molecule has 0 radical (unpaired) electrons. The highest BCUT2D eigenvalue weighted by molar-refractivity contribution is 6.01. The summed E-state index contributed by atoms with van der Waals surface area (Å²) in [6.45, 7) is 0.236. The lowest BCUT2D eigenvalue weighted by Crippen LogP contribution is -2.04. The van der Waals surface area contributed by atoms with E-state index in [0.29, 0.717) is 23.7 Å². The van der Waals surface area contributed by atoms with Gasteiger partial charge in [-0.1, -0.05) is 12.1 Å². The molecule has 3 rings (SSSR count). The van der Waals surface area contributed by atoms with Crippen LogP contribution in [-0.4, -0.2) is 37.6 Å². The van der Waals surface area contributed by atoms with Gasteiger partial charge < -0.3 is 23.9 Å². The van der Waals surface area contributed by atoms with Crippen LogP contribution < -0.4 is 14.2 Å². The molecule has 6 heteroatoms. The van der Waals surface area contributed by atoms with Gasteiger partial charge in [0.2, 0.25) is 0 Å². The third-order valence-electron chi connectivity index (χ3n) is 4.38. The van der Waals surface area contributed by atoms with Gasteiger partial charge in [-0.05, 0) is 23.8 Å². The molecule has 0 amide bonds. The van der Waals surface area contributed by atoms with Crippen molar-refractivity contribution in [2.24, 2.45) is 0 Å². The van der Waals surface area contributed by atoms with Gasteiger partial charge in [0.1, 0.15) is 17.5 Å². The monoisotopic (exact) mass is 352 g/mol. The summed E-state index contributed by atoms with van der Waals surface area (Å²) in [5.41, 5.74) is 2.96. The van der Waals surface area contributed by atoms with E-state index in [4.69, 9.17) is 14.2 Å². The summed E-state index contributed by atoms with van der Waals surface area (Å²) in [4.78, 5) is 0. The third-order valence-corrected chi connectivity index (χ3v) is 4.38. The van der Waals surface area contributed by atoms with Crippen molar-refractivity contribution >= 4 is 10.9 Å². The second-order valence-corrected chi connectivity index (χ2v) is 5.66. The molecule has 0 aliphatic rings. The fourth-order valence-corrected chi connectivity index (χ4v) is 3.17. The number of ether oxygens (including phenoxy) is 3. The molecule has 1 aromatic heterocycles. The van der Waals surface area contributed by atoms with Crippen LogP contribution in [0.3, 0.4) is 0 Å². The summed E-state index contributed by atoms with van der Waals surface area (Å²) < 4.78 is 17.8. The zero-order chi connectivity index (χ0) is 18.7. The number of hydrogen-bond acceptors (Lipinski definition) is 5. The van der Waals surface area contributed by atoms with E-state index in [1.165, 1.54) is 0 Å². The first kappa shape index (κ1) is 17.6. The van der Waals surface area contributed by atoms with Crippen LogP contribution in [0.2, 0.25) is 0 Å². The highest BCUT2D eigenvalue weighted by Crippen LogP contribution is 2.41. The number of hydrogen-bond donors (Lipinski definition) is 1. The second kappa shape index (κ2) is 7.38. The van der Waals surface area contributed by atoms with E-state index in [2.05, 4.69) is 6.07 Å². The summed E-state index contributed by atoms with van der Waals surface area (Å²) in [6, 6.07) is 13.5. The van der Waals surface area contributed by atoms with E-state index in [0.717, 1.165) is 27.8 Å². The molecule has 3 aromatic rings. The minimum Gasteiger partial charge on any atom is -0.497 e. The molecule has 0 atom stereocenters. The average molecular weight is 352 g/mol. The van der Waals surface area contributed by atoms with Crippen molar-refractivity contribution < 1.29 is 19.3 Å². The molecule has 0 aliphatic carbocycles. The summed E-state index contributed by atoms with van der Waals surface area (Å²) in [7, 11) is 4.76. The molecule has 0 bridgehead atoms. The molecule has 26 heavy (non-hydrogen) atoms. The van der Waals surface area contributed by atoms with Crippen LogP contribution in [-0.2, 0) is 6.54 Å². The number of nitriles is 1. The molecule has 0 spiro atoms. The van der Waals surface area contributed by atoms with Crippen LogP contribution in [0.25, 0.3) is 22.0 Å². The lowest BCUT2D eigenvalue weighted by Gasteiger charge is -2.09. The van der Waals surface area contributed by atoms with Crippen LogP contribution in [0, 0.1) is 11.3 Å². The zero-order valence-corrected chi connectivity index (χ0v) is 14.9. The maximum Gasteiger partial charge on any atom is 0.162 e. The van der Waals surface area contributed by atoms with Crippen molar-refractivity contribution in [1.82, 2.24) is 4.57 Å². The number of rotatable bonds is 6. The molecule has 0 saturated heterocycles. The number of aromatic nitrogens is 1. The largest absolute Gasteiger partial charge is 0.497 e. The average Bonchev–Trinajstić information content (AvgIpc) is 2.99. The van der Waals surface area contributed by atoms with Crippen LogP contribution in [0.15, 0.2) is 36.4 Å². The lowest BCUT2D eigenvalue weighted by atomic mass is 10.0. The van der Waals surface area contributed by atoms with E-state index in [-0.39, 0.29) is 6.61 Å². The fraction of sp³-hybridized carbons (Fsp3) is 0.250. The number of fused-ring (bicyclic) bond motifs is 1. The Morgan fingerprint density at radius 1 is 1.00 bits per heavy atom. The molecule has 134 valence electrons. The SMILES string of the molecule is COc1ccc(-c2c(C#N)n(CCO)c3cc(OC)c(OC)cc23)cc1. The lowest BCUT2D eigenvalue weighted by molar-refractivity contribution is 0.277. The van der Waals surface area contributed by atoms with Crippen LogP contribution >= 0.6 is 0 Å². The maximum absolute atomic E-state index is 9.80. The van der Waals surface area contributed by atoms with E-state index in [1.807, 2.05) is 36.4 Å². The third kappa shape index (κ3) is 2.83. The Kier molecular flexibility index (Phi) is 5.01. The fourth-order valence-electron chi connectivity index (χ4n) is 3.17. The predicted octanol–water partition coefficient (Wildman–Crippen LogP) is 3.20. The Morgan fingerprint density at radius 2 is 1.65 bits per heavy atom. The molecule has 0 aliphatic heterocycles. The molecule has 6 nitrogen and oxygen atoms in total. The predicted molar refractivity (Wildman–Crippen MR) is 98.8 cm³/mol. The number of nitrogens with zero attached hydrogens (tertiary/aromatic N) is 2. The van der Waals surface area contributed by atoms with E-state index in [9.17, 15) is 10.4 Å². The van der Waals surface area contributed by atoms with Crippen molar-refractivity contribution in [3.8, 4) is 34.4 Å². The highest BCUT2D eigenvalue weighted by atomic mass is 16.5. The van der Waals surface area contributed by atoms with Crippen LogP contribution in [0.5, 0.6) is 17.2 Å². The summed E-state index contributed by atoms with van der Waals surface area (Å²) in [5.74, 6) is 1.90. The minimum atomic E-state index is -0.0745. The van der Waals surface area contributed by atoms with Crippen molar-refractivity contribution in [3.05, 3.63) is 42.1 Å². The Bertz CT molecular complexity index is 968. The van der Waals surface area contributed by atoms with Crippen molar-refractivity contribution in [1.29, 1.82) is 5.26 Å². The molecular formula is C20H20N2O4. The molecule has 1 N–H and O–H groups in total. The van der Waals surface area contributed by atoms with E-state index >= 15 is 0 Å². The molecule has 1 heterocycles. The van der Waals surface area contributed by atoms with Gasteiger partial charge in [0.15, 0.2) is 11.5 Å². The molecule has 2 aromatic carbocycles. The van der Waals surface area contributed by atoms with Gasteiger partial charge in [-0.15, -0.1) is 0 Å². The van der Waals surface area contributed by atoms with Gasteiger partial charge in [0.25, 0.3) is 0 Å². The molecular weight excluding hydrogens is 332 g/mol. The standard InChI is InChI=1S/C20H20N2O4/c1-24-14-6-4-13(5-7-14)20-15-10-18(25-2)19(26-3)11-16(15)22(8-9-23)17(20)12-21/h4-7,10-11,23H,8-9H2,1-3H3. The van der Waals surface area contributed by atoms with Crippen molar-refractivity contribution in [2.45, 2.75) is 6.54 Å². The number of benzene rings is 2. The number of aliphatic hydroxyl groups excluding tert-OH is 1. The van der Waals surface area contributed by atoms with Crippen LogP contribution in [0.4, 0.5) is 0 Å². The second-order valence-electron chi connectivity index (χ2n) is 5.66. The first-order chi connectivity index (χ1) is 12.7. The smallest absolute Gasteiger partial charge is 0.162 e. The van der Waals surface area contributed by atoms with Gasteiger partial charge >= 0.3 is 0 Å². The van der Waals surface area contributed by atoms with Gasteiger partial charge in [0.05, 0.1) is 33.5 Å². The van der Waals surface area contributed by atoms with Crippen molar-refractivity contribution in [2.75, 3.05) is 27.9 Å². The Labute approximate surface area is 151 Å². The van der Waals surface area contributed by atoms with Gasteiger partial charge in [-0.25, -0.2) is 0 Å². The van der Waals surface area contributed by atoms with Gasteiger partial charge in [-0.3, -0.25) is 0 Å². The first-order valence-corrected chi connectivity index (χ1v) is 8.12. The van der Waals surface area contributed by atoms with Gasteiger partial charge in [-0.2, -0.15) is 5.26 Å². The Balaban J connectivity index is 2.37. The number of methoxy groups -OCH3 is 3. The van der Waals surface area contributed by atoms with E-state index in [1.54, 1.807) is 25.9 Å². The summed E-state index contributed by atoms with van der Waals surface area (Å²) in [5, 5.41) is 20.1. The normalized spacial score (nSPS) is 10.6. The molecule has 0 saturated carbocycles. The van der Waals surface area contributed by atoms with E-state index < -0.39 is 0 Å².